The van der Waals surface area contributed by atoms with E-state index < -0.39 is 0 Å². The van der Waals surface area contributed by atoms with Crippen LogP contribution in [0.5, 0.6) is 0 Å². The number of ether oxygens (including phenoxy) is 1. The third-order valence-corrected chi connectivity index (χ3v) is 2.81. The van der Waals surface area contributed by atoms with E-state index in [2.05, 4.69) is 17.6 Å². The average molecular weight is 206 g/mol. The van der Waals surface area contributed by atoms with Crippen molar-refractivity contribution < 1.29 is 4.74 Å². The molecule has 1 aliphatic rings. The van der Waals surface area contributed by atoms with Gasteiger partial charge in [-0.1, -0.05) is 30.3 Å². The summed E-state index contributed by atoms with van der Waals surface area (Å²) in [5.74, 6) is 6.19. The second kappa shape index (κ2) is 5.26. The second-order valence-electron chi connectivity index (χ2n) is 4.11. The minimum Gasteiger partial charge on any atom is -0.375 e. The Kier molecular flexibility index (Phi) is 3.72. The first-order chi connectivity index (χ1) is 7.40. The summed E-state index contributed by atoms with van der Waals surface area (Å²) in [5.41, 5.74) is 4.04. The molecule has 3 nitrogen and oxygen atoms in total. The zero-order chi connectivity index (χ0) is 10.5. The summed E-state index contributed by atoms with van der Waals surface area (Å²) in [5, 5.41) is 0. The molecule has 1 aromatic rings. The summed E-state index contributed by atoms with van der Waals surface area (Å²) in [6.07, 6.45) is 2.56. The van der Waals surface area contributed by atoms with Crippen molar-refractivity contribution in [2.24, 2.45) is 11.8 Å². The summed E-state index contributed by atoms with van der Waals surface area (Å²) in [4.78, 5) is 0. The Morgan fingerprint density at radius 3 is 2.67 bits per heavy atom. The van der Waals surface area contributed by atoms with Crippen molar-refractivity contribution in [3.05, 3.63) is 35.9 Å². The summed E-state index contributed by atoms with van der Waals surface area (Å²) >= 11 is 0. The fourth-order valence-corrected chi connectivity index (χ4v) is 1.70. The van der Waals surface area contributed by atoms with Gasteiger partial charge in [-0.3, -0.25) is 11.3 Å². The number of benzene rings is 1. The maximum absolute atomic E-state index is 5.63. The number of hydrazine groups is 1. The zero-order valence-corrected chi connectivity index (χ0v) is 8.86. The van der Waals surface area contributed by atoms with Gasteiger partial charge in [0.1, 0.15) is 0 Å². The molecular weight excluding hydrogens is 188 g/mol. The summed E-state index contributed by atoms with van der Waals surface area (Å²) in [6, 6.07) is 10.5. The predicted octanol–water partition coefficient (Wildman–Crippen LogP) is 1.45. The summed E-state index contributed by atoms with van der Waals surface area (Å²) in [6.45, 7) is 1.38. The van der Waals surface area contributed by atoms with Gasteiger partial charge in [-0.2, -0.15) is 0 Å². The lowest BCUT2D eigenvalue weighted by Crippen LogP contribution is -2.40. The fraction of sp³-hybridized carbons (Fsp3) is 0.500. The zero-order valence-electron chi connectivity index (χ0n) is 8.86. The molecule has 3 heteroatoms. The lowest BCUT2D eigenvalue weighted by molar-refractivity contribution is 0.0930. The van der Waals surface area contributed by atoms with E-state index in [1.165, 1.54) is 18.4 Å². The van der Waals surface area contributed by atoms with Gasteiger partial charge in [0.05, 0.1) is 13.2 Å². The third-order valence-electron chi connectivity index (χ3n) is 2.81. The van der Waals surface area contributed by atoms with E-state index in [9.17, 15) is 0 Å². The molecule has 0 bridgehead atoms. The first-order valence-electron chi connectivity index (χ1n) is 5.48. The van der Waals surface area contributed by atoms with Gasteiger partial charge in [-0.05, 0) is 24.3 Å². The standard InChI is InChI=1S/C12H18N2O/c13-14-12(11-6-7-11)9-15-8-10-4-2-1-3-5-10/h1-5,11-12,14H,6-9,13H2. The van der Waals surface area contributed by atoms with Crippen molar-refractivity contribution in [1.82, 2.24) is 5.43 Å². The van der Waals surface area contributed by atoms with Crippen LogP contribution in [0.4, 0.5) is 0 Å². The average Bonchev–Trinajstić information content (AvgIpc) is 3.10. The second-order valence-corrected chi connectivity index (χ2v) is 4.11. The van der Waals surface area contributed by atoms with E-state index in [0.717, 1.165) is 5.92 Å². The van der Waals surface area contributed by atoms with Gasteiger partial charge < -0.3 is 4.74 Å². The van der Waals surface area contributed by atoms with E-state index in [1.54, 1.807) is 0 Å². The molecule has 3 N–H and O–H groups in total. The Bertz CT molecular complexity index is 285. The number of nitrogens with two attached hydrogens (primary N) is 1. The van der Waals surface area contributed by atoms with Gasteiger partial charge in [0.25, 0.3) is 0 Å². The number of rotatable bonds is 6. The molecule has 0 spiro atoms. The molecule has 1 fully saturated rings. The molecule has 82 valence electrons. The first kappa shape index (κ1) is 10.6. The van der Waals surface area contributed by atoms with Crippen LogP contribution in [-0.4, -0.2) is 12.6 Å². The van der Waals surface area contributed by atoms with Crippen molar-refractivity contribution in [3.63, 3.8) is 0 Å². The molecule has 1 aromatic carbocycles. The highest BCUT2D eigenvalue weighted by Crippen LogP contribution is 2.32. The monoisotopic (exact) mass is 206 g/mol. The van der Waals surface area contributed by atoms with Gasteiger partial charge in [0, 0.05) is 6.04 Å². The minimum atomic E-state index is 0.328. The maximum Gasteiger partial charge on any atom is 0.0717 e. The molecule has 0 heterocycles. The molecule has 0 saturated heterocycles. The lowest BCUT2D eigenvalue weighted by atomic mass is 10.2. The van der Waals surface area contributed by atoms with E-state index in [0.29, 0.717) is 19.3 Å². The molecule has 0 aromatic heterocycles. The van der Waals surface area contributed by atoms with Gasteiger partial charge in [-0.15, -0.1) is 0 Å². The number of hydrogen-bond donors (Lipinski definition) is 2. The van der Waals surface area contributed by atoms with Crippen molar-refractivity contribution >= 4 is 0 Å². The van der Waals surface area contributed by atoms with Crippen LogP contribution in [0.2, 0.25) is 0 Å². The third kappa shape index (κ3) is 3.30. The minimum absolute atomic E-state index is 0.328. The van der Waals surface area contributed by atoms with Crippen LogP contribution in [0.1, 0.15) is 18.4 Å². The Morgan fingerprint density at radius 2 is 2.07 bits per heavy atom. The highest BCUT2D eigenvalue weighted by molar-refractivity contribution is 5.13. The van der Waals surface area contributed by atoms with Crippen molar-refractivity contribution in [2.75, 3.05) is 6.61 Å². The molecule has 0 aliphatic heterocycles. The topological polar surface area (TPSA) is 47.3 Å². The molecule has 0 radical (unpaired) electrons. The predicted molar refractivity (Wildman–Crippen MR) is 59.9 cm³/mol. The number of nitrogens with one attached hydrogen (secondary N) is 1. The Morgan fingerprint density at radius 1 is 1.33 bits per heavy atom. The van der Waals surface area contributed by atoms with Crippen molar-refractivity contribution in [3.8, 4) is 0 Å². The van der Waals surface area contributed by atoms with Crippen LogP contribution in [0.15, 0.2) is 30.3 Å². The van der Waals surface area contributed by atoms with Crippen LogP contribution in [0.25, 0.3) is 0 Å². The Balaban J connectivity index is 1.69. The van der Waals surface area contributed by atoms with Crippen molar-refractivity contribution in [2.45, 2.75) is 25.5 Å². The van der Waals surface area contributed by atoms with Gasteiger partial charge in [-0.25, -0.2) is 0 Å². The molecule has 15 heavy (non-hydrogen) atoms. The van der Waals surface area contributed by atoms with Crippen molar-refractivity contribution in [1.29, 1.82) is 0 Å². The van der Waals surface area contributed by atoms with Crippen LogP contribution < -0.4 is 11.3 Å². The molecule has 1 atom stereocenters. The molecule has 1 unspecified atom stereocenters. The van der Waals surface area contributed by atoms with E-state index in [-0.39, 0.29) is 0 Å². The quantitative estimate of drug-likeness (QED) is 0.547. The van der Waals surface area contributed by atoms with Crippen LogP contribution >= 0.6 is 0 Å². The van der Waals surface area contributed by atoms with Gasteiger partial charge >= 0.3 is 0 Å². The molecule has 2 rings (SSSR count). The van der Waals surface area contributed by atoms with Gasteiger partial charge in [0.15, 0.2) is 0 Å². The van der Waals surface area contributed by atoms with Crippen LogP contribution in [0, 0.1) is 5.92 Å². The van der Waals surface area contributed by atoms with E-state index in [1.807, 2.05) is 18.2 Å². The lowest BCUT2D eigenvalue weighted by Gasteiger charge is -2.14. The maximum atomic E-state index is 5.63. The molecular formula is C12H18N2O. The Hall–Kier alpha value is -0.900. The molecule has 0 amide bonds. The largest absolute Gasteiger partial charge is 0.375 e. The summed E-state index contributed by atoms with van der Waals surface area (Å²) < 4.78 is 5.63. The Labute approximate surface area is 90.6 Å². The highest BCUT2D eigenvalue weighted by Gasteiger charge is 2.30. The smallest absolute Gasteiger partial charge is 0.0717 e. The highest BCUT2D eigenvalue weighted by atomic mass is 16.5. The summed E-state index contributed by atoms with van der Waals surface area (Å²) in [7, 11) is 0. The molecule has 1 aliphatic carbocycles. The van der Waals surface area contributed by atoms with Gasteiger partial charge in [0.2, 0.25) is 0 Å². The van der Waals surface area contributed by atoms with E-state index in [4.69, 9.17) is 10.6 Å². The van der Waals surface area contributed by atoms with Crippen LogP contribution in [0.3, 0.4) is 0 Å². The first-order valence-corrected chi connectivity index (χ1v) is 5.48. The normalized spacial score (nSPS) is 17.7. The fourth-order valence-electron chi connectivity index (χ4n) is 1.70. The molecule has 1 saturated carbocycles. The SMILES string of the molecule is NNC(COCc1ccccc1)C1CC1. The van der Waals surface area contributed by atoms with Crippen LogP contribution in [-0.2, 0) is 11.3 Å². The van der Waals surface area contributed by atoms with E-state index >= 15 is 0 Å². The number of hydrogen-bond acceptors (Lipinski definition) is 3.